The van der Waals surface area contributed by atoms with E-state index in [2.05, 4.69) is 11.0 Å². The van der Waals surface area contributed by atoms with Crippen molar-refractivity contribution in [1.29, 1.82) is 0 Å². The Hall–Kier alpha value is -0.630. The first-order chi connectivity index (χ1) is 10.0. The molecule has 0 spiro atoms. The van der Waals surface area contributed by atoms with Crippen molar-refractivity contribution in [1.82, 2.24) is 4.72 Å². The summed E-state index contributed by atoms with van der Waals surface area (Å²) < 4.78 is 40.2. The highest BCUT2D eigenvalue weighted by Gasteiger charge is 2.18. The third-order valence-corrected chi connectivity index (χ3v) is 5.26. The Bertz CT molecular complexity index is 536. The SMILES string of the molecule is CSCCCCCCNS(=O)(=O)c1cc(CN)ccc1F. The quantitative estimate of drug-likeness (QED) is 0.645. The molecule has 120 valence electrons. The molecule has 0 aliphatic carbocycles. The lowest BCUT2D eigenvalue weighted by Gasteiger charge is -2.09. The third kappa shape index (κ3) is 6.34. The smallest absolute Gasteiger partial charge is 0.243 e. The number of unbranched alkanes of at least 4 members (excludes halogenated alkanes) is 3. The molecule has 0 aromatic heterocycles. The minimum absolute atomic E-state index is 0.179. The number of hydrogen-bond acceptors (Lipinski definition) is 4. The van der Waals surface area contributed by atoms with Crippen molar-refractivity contribution in [2.75, 3.05) is 18.6 Å². The topological polar surface area (TPSA) is 72.2 Å². The molecule has 1 aromatic carbocycles. The van der Waals surface area contributed by atoms with Crippen LogP contribution in [0.25, 0.3) is 0 Å². The van der Waals surface area contributed by atoms with Gasteiger partial charge in [0, 0.05) is 13.1 Å². The van der Waals surface area contributed by atoms with Crippen molar-refractivity contribution in [2.45, 2.75) is 37.1 Å². The maximum atomic E-state index is 13.7. The predicted octanol–water partition coefficient (Wildman–Crippen LogP) is 2.49. The van der Waals surface area contributed by atoms with Crippen LogP contribution in [0.2, 0.25) is 0 Å². The molecule has 0 radical (unpaired) electrons. The number of sulfonamides is 1. The summed E-state index contributed by atoms with van der Waals surface area (Å²) in [5.74, 6) is 0.377. The first-order valence-electron chi connectivity index (χ1n) is 6.98. The third-order valence-electron chi connectivity index (χ3n) is 3.09. The molecular weight excluding hydrogens is 311 g/mol. The Morgan fingerprint density at radius 3 is 2.62 bits per heavy atom. The van der Waals surface area contributed by atoms with Gasteiger partial charge in [-0.05, 0) is 42.5 Å². The highest BCUT2D eigenvalue weighted by molar-refractivity contribution is 7.98. The van der Waals surface area contributed by atoms with Gasteiger partial charge in [-0.15, -0.1) is 0 Å². The monoisotopic (exact) mass is 334 g/mol. The summed E-state index contributed by atoms with van der Waals surface area (Å²) in [6.07, 6.45) is 6.01. The van der Waals surface area contributed by atoms with Crippen LogP contribution in [0, 0.1) is 5.82 Å². The maximum absolute atomic E-state index is 13.7. The van der Waals surface area contributed by atoms with Gasteiger partial charge in [-0.2, -0.15) is 11.8 Å². The Balaban J connectivity index is 2.50. The Labute approximate surface area is 130 Å². The maximum Gasteiger partial charge on any atom is 0.243 e. The second-order valence-corrected chi connectivity index (χ2v) is 7.49. The van der Waals surface area contributed by atoms with Crippen molar-refractivity contribution in [3.63, 3.8) is 0 Å². The lowest BCUT2D eigenvalue weighted by atomic mass is 10.2. The Morgan fingerprint density at radius 2 is 1.95 bits per heavy atom. The largest absolute Gasteiger partial charge is 0.326 e. The van der Waals surface area contributed by atoms with Gasteiger partial charge in [-0.25, -0.2) is 17.5 Å². The van der Waals surface area contributed by atoms with Gasteiger partial charge in [0.1, 0.15) is 10.7 Å². The van der Waals surface area contributed by atoms with Crippen molar-refractivity contribution in [3.8, 4) is 0 Å². The fourth-order valence-corrected chi connectivity index (χ4v) is 3.58. The summed E-state index contributed by atoms with van der Waals surface area (Å²) in [6, 6.07) is 3.91. The average Bonchev–Trinajstić information content (AvgIpc) is 2.46. The molecule has 1 rings (SSSR count). The van der Waals surface area contributed by atoms with Gasteiger partial charge in [-0.3, -0.25) is 0 Å². The molecule has 4 nitrogen and oxygen atoms in total. The van der Waals surface area contributed by atoms with E-state index in [9.17, 15) is 12.8 Å². The van der Waals surface area contributed by atoms with Crippen molar-refractivity contribution in [2.24, 2.45) is 5.73 Å². The Morgan fingerprint density at radius 1 is 1.24 bits per heavy atom. The zero-order valence-corrected chi connectivity index (χ0v) is 13.9. The van der Waals surface area contributed by atoms with Crippen LogP contribution >= 0.6 is 11.8 Å². The van der Waals surface area contributed by atoms with Crippen molar-refractivity contribution in [3.05, 3.63) is 29.6 Å². The predicted molar refractivity (Wildman–Crippen MR) is 86.3 cm³/mol. The van der Waals surface area contributed by atoms with Crippen LogP contribution in [-0.2, 0) is 16.6 Å². The number of benzene rings is 1. The summed E-state index contributed by atoms with van der Waals surface area (Å²) in [7, 11) is -3.81. The van der Waals surface area contributed by atoms with Crippen LogP contribution in [-0.4, -0.2) is 27.0 Å². The van der Waals surface area contributed by atoms with Crippen LogP contribution in [0.3, 0.4) is 0 Å². The molecule has 0 heterocycles. The van der Waals surface area contributed by atoms with E-state index in [0.29, 0.717) is 12.1 Å². The first kappa shape index (κ1) is 18.4. The van der Waals surface area contributed by atoms with E-state index >= 15 is 0 Å². The molecule has 3 N–H and O–H groups in total. The lowest BCUT2D eigenvalue weighted by molar-refractivity contribution is 0.552. The second-order valence-electron chi connectivity index (χ2n) is 4.77. The molecule has 0 fully saturated rings. The zero-order valence-electron chi connectivity index (χ0n) is 12.3. The molecular formula is C14H23FN2O2S2. The van der Waals surface area contributed by atoms with Crippen LogP contribution in [0.15, 0.2) is 23.1 Å². The van der Waals surface area contributed by atoms with Crippen LogP contribution in [0.1, 0.15) is 31.2 Å². The average molecular weight is 334 g/mol. The highest BCUT2D eigenvalue weighted by Crippen LogP contribution is 2.16. The molecule has 0 atom stereocenters. The molecule has 0 bridgehead atoms. The summed E-state index contributed by atoms with van der Waals surface area (Å²) in [5.41, 5.74) is 6.04. The lowest BCUT2D eigenvalue weighted by Crippen LogP contribution is -2.26. The molecule has 1 aromatic rings. The Kier molecular flexibility index (Phi) is 8.24. The normalized spacial score (nSPS) is 11.8. The molecule has 7 heteroatoms. The zero-order chi connectivity index (χ0) is 15.7. The summed E-state index contributed by atoms with van der Waals surface area (Å²) in [4.78, 5) is -0.326. The van der Waals surface area contributed by atoms with Gasteiger partial charge < -0.3 is 5.73 Å². The van der Waals surface area contributed by atoms with Crippen molar-refractivity contribution >= 4 is 21.8 Å². The van der Waals surface area contributed by atoms with Gasteiger partial charge in [0.15, 0.2) is 0 Å². The number of halogens is 1. The van der Waals surface area contributed by atoms with E-state index in [4.69, 9.17) is 5.73 Å². The minimum Gasteiger partial charge on any atom is -0.326 e. The molecule has 0 aliphatic heterocycles. The standard InChI is InChI=1S/C14H23FN2O2S2/c1-20-9-5-3-2-4-8-17-21(18,19)14-10-12(11-16)6-7-13(14)15/h6-7,10,17H,2-5,8-9,11,16H2,1H3. The number of rotatable bonds is 10. The number of nitrogens with one attached hydrogen (secondary N) is 1. The molecule has 0 amide bonds. The van der Waals surface area contributed by atoms with Gasteiger partial charge in [0.2, 0.25) is 10.0 Å². The van der Waals surface area contributed by atoms with Crippen LogP contribution in [0.5, 0.6) is 0 Å². The van der Waals surface area contributed by atoms with Crippen LogP contribution < -0.4 is 10.5 Å². The van der Waals surface area contributed by atoms with Gasteiger partial charge in [0.25, 0.3) is 0 Å². The number of nitrogens with two attached hydrogens (primary N) is 1. The van der Waals surface area contributed by atoms with Gasteiger partial charge in [0.05, 0.1) is 0 Å². The molecule has 0 saturated heterocycles. The first-order valence-corrected chi connectivity index (χ1v) is 9.86. The van der Waals surface area contributed by atoms with E-state index in [1.165, 1.54) is 12.1 Å². The molecule has 0 unspecified atom stereocenters. The number of thioether (sulfide) groups is 1. The summed E-state index contributed by atoms with van der Waals surface area (Å²) >= 11 is 1.81. The highest BCUT2D eigenvalue weighted by atomic mass is 32.2. The van der Waals surface area contributed by atoms with Crippen molar-refractivity contribution < 1.29 is 12.8 Å². The minimum atomic E-state index is -3.81. The van der Waals surface area contributed by atoms with Gasteiger partial charge >= 0.3 is 0 Å². The molecule has 0 aliphatic rings. The van der Waals surface area contributed by atoms with E-state index in [0.717, 1.165) is 37.5 Å². The fourth-order valence-electron chi connectivity index (χ4n) is 1.89. The van der Waals surface area contributed by atoms with E-state index < -0.39 is 15.8 Å². The molecule has 21 heavy (non-hydrogen) atoms. The van der Waals surface area contributed by atoms with Gasteiger partial charge in [-0.1, -0.05) is 18.9 Å². The van der Waals surface area contributed by atoms with Crippen LogP contribution in [0.4, 0.5) is 4.39 Å². The van der Waals surface area contributed by atoms with E-state index in [1.807, 2.05) is 11.8 Å². The second kappa shape index (κ2) is 9.40. The van der Waals surface area contributed by atoms with E-state index in [1.54, 1.807) is 0 Å². The summed E-state index contributed by atoms with van der Waals surface area (Å²) in [5, 5.41) is 0. The molecule has 0 saturated carbocycles. The fraction of sp³-hybridized carbons (Fsp3) is 0.571. The summed E-state index contributed by atoms with van der Waals surface area (Å²) in [6.45, 7) is 0.506. The number of hydrogen-bond donors (Lipinski definition) is 2. The van der Waals surface area contributed by atoms with E-state index in [-0.39, 0.29) is 11.4 Å².